The summed E-state index contributed by atoms with van der Waals surface area (Å²) >= 11 is 0. The topological polar surface area (TPSA) is 12.5 Å². The van der Waals surface area contributed by atoms with Crippen molar-refractivity contribution in [3.8, 4) is 5.75 Å². The molecule has 1 aliphatic carbocycles. The number of likely N-dealkylation sites (tertiary alicyclic amines) is 1. The zero-order chi connectivity index (χ0) is 11.1. The van der Waals surface area contributed by atoms with E-state index in [-0.39, 0.29) is 0 Å². The Morgan fingerprint density at radius 1 is 1.19 bits per heavy atom. The number of piperidine rings is 1. The normalized spacial score (nSPS) is 33.2. The lowest BCUT2D eigenvalue weighted by atomic mass is 10.1. The minimum Gasteiger partial charge on any atom is -0.490 e. The number of ether oxygens (including phenoxy) is 1. The van der Waals surface area contributed by atoms with Crippen LogP contribution in [0.3, 0.4) is 0 Å². The van der Waals surface area contributed by atoms with E-state index in [1.54, 1.807) is 0 Å². The Balaban J connectivity index is 1.66. The summed E-state index contributed by atoms with van der Waals surface area (Å²) in [5.41, 5.74) is 1.29. The van der Waals surface area contributed by atoms with Crippen LogP contribution in [0.25, 0.3) is 0 Å². The van der Waals surface area contributed by atoms with Gasteiger partial charge in [0.2, 0.25) is 0 Å². The molecule has 2 heteroatoms. The second-order valence-corrected chi connectivity index (χ2v) is 5.29. The average Bonchev–Trinajstić information content (AvgIpc) is 2.80. The van der Waals surface area contributed by atoms with E-state index in [1.165, 1.54) is 24.9 Å². The molecule has 2 bridgehead atoms. The quantitative estimate of drug-likeness (QED) is 0.754. The zero-order valence-corrected chi connectivity index (χ0v) is 10.0. The highest BCUT2D eigenvalue weighted by Crippen LogP contribution is 2.38. The smallest absolute Gasteiger partial charge is 0.119 e. The minimum absolute atomic E-state index is 0.448. The molecule has 2 aliphatic rings. The molecule has 0 aromatic heterocycles. The lowest BCUT2D eigenvalue weighted by Crippen LogP contribution is -2.37. The van der Waals surface area contributed by atoms with Crippen molar-refractivity contribution in [3.63, 3.8) is 0 Å². The number of hydrogen-bond acceptors (Lipinski definition) is 2. The maximum absolute atomic E-state index is 6.09. The van der Waals surface area contributed by atoms with E-state index in [1.807, 2.05) is 0 Å². The molecule has 1 saturated heterocycles. The van der Waals surface area contributed by atoms with Crippen molar-refractivity contribution in [2.75, 3.05) is 13.6 Å². The lowest BCUT2D eigenvalue weighted by Gasteiger charge is -2.28. The highest BCUT2D eigenvalue weighted by atomic mass is 16.5. The van der Waals surface area contributed by atoms with Gasteiger partial charge in [-0.3, -0.25) is 0 Å². The van der Waals surface area contributed by atoms with E-state index in [9.17, 15) is 0 Å². The van der Waals surface area contributed by atoms with Gasteiger partial charge in [0.1, 0.15) is 11.9 Å². The standard InChI is InChI=1S/C14H19NO/c1-10-3-5-13(6-4-10)16-14-8-12-7-11(14)9-15(12)2/h3-6,11-12,14H,7-9H2,1-2H3. The van der Waals surface area contributed by atoms with Crippen LogP contribution in [0.1, 0.15) is 18.4 Å². The summed E-state index contributed by atoms with van der Waals surface area (Å²) in [4.78, 5) is 2.47. The first kappa shape index (κ1) is 10.2. The van der Waals surface area contributed by atoms with Crippen LogP contribution in [0.15, 0.2) is 24.3 Å². The molecule has 3 rings (SSSR count). The fraction of sp³-hybridized carbons (Fsp3) is 0.571. The Morgan fingerprint density at radius 3 is 2.50 bits per heavy atom. The van der Waals surface area contributed by atoms with E-state index in [2.05, 4.69) is 43.1 Å². The second-order valence-electron chi connectivity index (χ2n) is 5.29. The second kappa shape index (κ2) is 3.77. The molecule has 2 fully saturated rings. The number of nitrogens with zero attached hydrogens (tertiary/aromatic N) is 1. The van der Waals surface area contributed by atoms with Crippen LogP contribution < -0.4 is 4.74 Å². The third kappa shape index (κ3) is 1.71. The summed E-state index contributed by atoms with van der Waals surface area (Å²) in [6.07, 6.45) is 2.98. The number of benzene rings is 1. The van der Waals surface area contributed by atoms with Crippen LogP contribution in [0.2, 0.25) is 0 Å². The van der Waals surface area contributed by atoms with Crippen LogP contribution in [-0.4, -0.2) is 30.6 Å². The predicted octanol–water partition coefficient (Wildman–Crippen LogP) is 2.47. The number of aryl methyl sites for hydroxylation is 1. The van der Waals surface area contributed by atoms with E-state index in [4.69, 9.17) is 4.74 Å². The van der Waals surface area contributed by atoms with Gasteiger partial charge in [-0.15, -0.1) is 0 Å². The molecule has 1 heterocycles. The van der Waals surface area contributed by atoms with Crippen LogP contribution in [0.5, 0.6) is 5.75 Å². The van der Waals surface area contributed by atoms with Crippen molar-refractivity contribution in [2.45, 2.75) is 31.9 Å². The summed E-state index contributed by atoms with van der Waals surface area (Å²) < 4.78 is 6.09. The Labute approximate surface area is 97.2 Å². The van der Waals surface area contributed by atoms with E-state index >= 15 is 0 Å². The Kier molecular flexibility index (Phi) is 2.40. The molecular formula is C14H19NO. The average molecular weight is 217 g/mol. The van der Waals surface area contributed by atoms with Crippen LogP contribution in [-0.2, 0) is 0 Å². The van der Waals surface area contributed by atoms with Crippen molar-refractivity contribution in [1.29, 1.82) is 0 Å². The molecule has 2 nitrogen and oxygen atoms in total. The summed E-state index contributed by atoms with van der Waals surface area (Å²) in [6, 6.07) is 9.18. The third-order valence-corrected chi connectivity index (χ3v) is 4.06. The molecule has 16 heavy (non-hydrogen) atoms. The number of hydrogen-bond donors (Lipinski definition) is 0. The highest BCUT2D eigenvalue weighted by molar-refractivity contribution is 5.26. The molecule has 1 aliphatic heterocycles. The van der Waals surface area contributed by atoms with Gasteiger partial charge in [0.05, 0.1) is 0 Å². The Bertz CT molecular complexity index is 371. The van der Waals surface area contributed by atoms with Crippen LogP contribution in [0.4, 0.5) is 0 Å². The first-order chi connectivity index (χ1) is 7.72. The molecule has 3 unspecified atom stereocenters. The molecule has 1 saturated carbocycles. The predicted molar refractivity (Wildman–Crippen MR) is 64.7 cm³/mol. The van der Waals surface area contributed by atoms with Crippen LogP contribution >= 0.6 is 0 Å². The van der Waals surface area contributed by atoms with Gasteiger partial charge in [-0.25, -0.2) is 0 Å². The fourth-order valence-corrected chi connectivity index (χ4v) is 3.07. The molecule has 0 spiro atoms. The molecule has 0 N–H and O–H groups in total. The van der Waals surface area contributed by atoms with Crippen LogP contribution in [0, 0.1) is 12.8 Å². The van der Waals surface area contributed by atoms with Crippen molar-refractivity contribution in [3.05, 3.63) is 29.8 Å². The summed E-state index contributed by atoms with van der Waals surface area (Å²) in [5, 5.41) is 0. The monoisotopic (exact) mass is 217 g/mol. The van der Waals surface area contributed by atoms with Gasteiger partial charge in [-0.2, -0.15) is 0 Å². The van der Waals surface area contributed by atoms with Gasteiger partial charge in [-0.05, 0) is 32.5 Å². The molecule has 0 amide bonds. The van der Waals surface area contributed by atoms with Gasteiger partial charge >= 0.3 is 0 Å². The van der Waals surface area contributed by atoms with Gasteiger partial charge in [0, 0.05) is 24.9 Å². The number of rotatable bonds is 2. The Hall–Kier alpha value is -1.02. The van der Waals surface area contributed by atoms with Gasteiger partial charge in [-0.1, -0.05) is 17.7 Å². The molecule has 1 aromatic carbocycles. The van der Waals surface area contributed by atoms with E-state index < -0.39 is 0 Å². The van der Waals surface area contributed by atoms with Crippen molar-refractivity contribution >= 4 is 0 Å². The lowest BCUT2D eigenvalue weighted by molar-refractivity contribution is 0.105. The summed E-state index contributed by atoms with van der Waals surface area (Å²) in [6.45, 7) is 3.32. The van der Waals surface area contributed by atoms with E-state index in [0.29, 0.717) is 6.10 Å². The van der Waals surface area contributed by atoms with Gasteiger partial charge < -0.3 is 9.64 Å². The van der Waals surface area contributed by atoms with Crippen molar-refractivity contribution in [2.24, 2.45) is 5.92 Å². The largest absolute Gasteiger partial charge is 0.490 e. The molecule has 1 aromatic rings. The van der Waals surface area contributed by atoms with Gasteiger partial charge in [0.15, 0.2) is 0 Å². The van der Waals surface area contributed by atoms with Gasteiger partial charge in [0.25, 0.3) is 0 Å². The minimum atomic E-state index is 0.448. The number of fused-ring (bicyclic) bond motifs is 2. The third-order valence-electron chi connectivity index (χ3n) is 4.06. The van der Waals surface area contributed by atoms with E-state index in [0.717, 1.165) is 17.7 Å². The Morgan fingerprint density at radius 2 is 1.94 bits per heavy atom. The first-order valence-corrected chi connectivity index (χ1v) is 6.16. The maximum atomic E-state index is 6.09. The highest BCUT2D eigenvalue weighted by Gasteiger charge is 2.44. The fourth-order valence-electron chi connectivity index (χ4n) is 3.07. The molecule has 0 radical (unpaired) electrons. The maximum Gasteiger partial charge on any atom is 0.119 e. The molecule has 86 valence electrons. The summed E-state index contributed by atoms with van der Waals surface area (Å²) in [7, 11) is 2.23. The van der Waals surface area contributed by atoms with Crippen molar-refractivity contribution in [1.82, 2.24) is 4.90 Å². The molecular weight excluding hydrogens is 198 g/mol. The summed E-state index contributed by atoms with van der Waals surface area (Å²) in [5.74, 6) is 1.78. The first-order valence-electron chi connectivity index (χ1n) is 6.16. The zero-order valence-electron chi connectivity index (χ0n) is 10.0. The van der Waals surface area contributed by atoms with Crippen molar-refractivity contribution < 1.29 is 4.74 Å². The molecule has 3 atom stereocenters. The SMILES string of the molecule is Cc1ccc(OC2CC3CC2CN3C)cc1.